The van der Waals surface area contributed by atoms with E-state index in [1.165, 1.54) is 57.6 Å². The molecule has 0 amide bonds. The van der Waals surface area contributed by atoms with Gasteiger partial charge >= 0.3 is 5.97 Å². The van der Waals surface area contributed by atoms with Crippen molar-refractivity contribution >= 4 is 18.1 Å². The molecule has 0 N–H and O–H groups in total. The normalized spacial score (nSPS) is 33.8. The monoisotopic (exact) mass is 596 g/mol. The molecule has 0 spiro atoms. The second-order valence-corrected chi connectivity index (χ2v) is 15.4. The summed E-state index contributed by atoms with van der Waals surface area (Å²) in [5.41, 5.74) is 3.77. The molecular weight excluding hydrogens is 544 g/mol. The summed E-state index contributed by atoms with van der Waals surface area (Å²) in [4.78, 5) is 21.4. The van der Waals surface area contributed by atoms with Gasteiger partial charge in [0.25, 0.3) is 5.95 Å². The van der Waals surface area contributed by atoms with Gasteiger partial charge in [0.05, 0.1) is 18.0 Å². The number of allylic oxidation sites excluding steroid dienone is 1. The molecule has 4 aliphatic carbocycles. The summed E-state index contributed by atoms with van der Waals surface area (Å²) < 4.78 is 6.11. The minimum atomic E-state index is -0.236. The Hall–Kier alpha value is -2.89. The lowest BCUT2D eigenvalue weighted by Gasteiger charge is -2.58. The molecule has 236 valence electrons. The number of benzene rings is 1. The third-order valence-electron chi connectivity index (χ3n) is 12.5. The maximum absolute atomic E-state index is 13.1. The highest BCUT2D eigenvalue weighted by atomic mass is 16.5. The van der Waals surface area contributed by atoms with E-state index in [-0.39, 0.29) is 17.5 Å². The first-order chi connectivity index (χ1) is 21.2. The number of rotatable bonds is 9. The fourth-order valence-corrected chi connectivity index (χ4v) is 10.1. The van der Waals surface area contributed by atoms with Gasteiger partial charge in [0, 0.05) is 12.6 Å². The largest absolute Gasteiger partial charge is 0.458 e. The fraction of sp³-hybridized carbons (Fsp3) is 0.658. The molecule has 0 radical (unpaired) electrons. The number of ether oxygens (including phenoxy) is 1. The summed E-state index contributed by atoms with van der Waals surface area (Å²) in [6, 6.07) is 7.36. The Morgan fingerprint density at radius 3 is 2.59 bits per heavy atom. The third kappa shape index (κ3) is 6.15. The lowest BCUT2D eigenvalue weighted by Crippen LogP contribution is -2.51. The number of hydrogen-bond acceptors (Lipinski definition) is 6. The first-order valence-corrected chi connectivity index (χ1v) is 17.4. The number of carbonyl (C=O) groups excluding carboxylic acids is 1. The summed E-state index contributed by atoms with van der Waals surface area (Å²) >= 11 is 0. The fourth-order valence-electron chi connectivity index (χ4n) is 10.1. The van der Waals surface area contributed by atoms with Crippen molar-refractivity contribution in [1.82, 2.24) is 15.2 Å². The molecule has 44 heavy (non-hydrogen) atoms. The molecule has 4 aliphatic rings. The number of fused-ring (bicyclic) bond motifs is 5. The molecular formula is C38H52N4O2. The molecule has 0 saturated heterocycles. The summed E-state index contributed by atoms with van der Waals surface area (Å²) in [6.07, 6.45) is 21.3. The van der Waals surface area contributed by atoms with E-state index in [9.17, 15) is 4.79 Å². The van der Waals surface area contributed by atoms with Gasteiger partial charge in [-0.25, -0.2) is 14.8 Å². The minimum Gasteiger partial charge on any atom is -0.458 e. The van der Waals surface area contributed by atoms with E-state index < -0.39 is 0 Å². The van der Waals surface area contributed by atoms with Crippen LogP contribution in [0.4, 0.5) is 5.95 Å². The van der Waals surface area contributed by atoms with Crippen molar-refractivity contribution in [2.75, 3.05) is 0 Å². The summed E-state index contributed by atoms with van der Waals surface area (Å²) in [5, 5.41) is 7.65. The maximum atomic E-state index is 13.1. The van der Waals surface area contributed by atoms with Crippen LogP contribution < -0.4 is 0 Å². The average Bonchev–Trinajstić information content (AvgIpc) is 3.38. The van der Waals surface area contributed by atoms with E-state index in [0.717, 1.165) is 60.3 Å². The molecule has 6 rings (SSSR count). The SMILES string of the molecule is CC(C)CCC[C@@H](C)[C@H]1CC[C@H]2[C@@H]3CC=C4CC(OC(=O)c5ccc(/C=N/c6nccnn6)cc5)CC[C@]4(C)[C@H]3CC[C@]12C. The van der Waals surface area contributed by atoms with Crippen LogP contribution in [-0.4, -0.2) is 33.5 Å². The zero-order valence-corrected chi connectivity index (χ0v) is 27.5. The second-order valence-electron chi connectivity index (χ2n) is 15.4. The molecule has 1 aromatic heterocycles. The number of nitrogens with zero attached hydrogens (tertiary/aromatic N) is 4. The van der Waals surface area contributed by atoms with Gasteiger partial charge in [0.2, 0.25) is 0 Å². The van der Waals surface area contributed by atoms with E-state index in [1.54, 1.807) is 18.0 Å². The second kappa shape index (κ2) is 12.8. The van der Waals surface area contributed by atoms with E-state index in [1.807, 2.05) is 24.3 Å². The molecule has 1 heterocycles. The molecule has 6 nitrogen and oxygen atoms in total. The first kappa shape index (κ1) is 31.1. The Balaban J connectivity index is 1.06. The zero-order chi connectivity index (χ0) is 30.9. The van der Waals surface area contributed by atoms with Gasteiger partial charge in [-0.1, -0.05) is 77.7 Å². The van der Waals surface area contributed by atoms with Crippen molar-refractivity contribution < 1.29 is 9.53 Å². The van der Waals surface area contributed by atoms with E-state index >= 15 is 0 Å². The first-order valence-electron chi connectivity index (χ1n) is 17.4. The number of esters is 1. The van der Waals surface area contributed by atoms with Gasteiger partial charge in [0.15, 0.2) is 0 Å². The van der Waals surface area contributed by atoms with Crippen LogP contribution in [0, 0.1) is 46.3 Å². The molecule has 3 fully saturated rings. The Morgan fingerprint density at radius 2 is 1.84 bits per heavy atom. The quantitative estimate of drug-likeness (QED) is 0.164. The van der Waals surface area contributed by atoms with Crippen molar-refractivity contribution in [2.24, 2.45) is 51.3 Å². The van der Waals surface area contributed by atoms with Crippen LogP contribution in [-0.2, 0) is 4.74 Å². The number of aliphatic imine (C=N–C) groups is 1. The van der Waals surface area contributed by atoms with E-state index in [0.29, 0.717) is 16.9 Å². The third-order valence-corrected chi connectivity index (χ3v) is 12.5. The van der Waals surface area contributed by atoms with Crippen LogP contribution in [0.15, 0.2) is 53.3 Å². The highest BCUT2D eigenvalue weighted by Gasteiger charge is 2.59. The number of aromatic nitrogens is 3. The zero-order valence-electron chi connectivity index (χ0n) is 27.5. The van der Waals surface area contributed by atoms with Gasteiger partial charge < -0.3 is 4.74 Å². The van der Waals surface area contributed by atoms with Gasteiger partial charge in [-0.05, 0) is 109 Å². The van der Waals surface area contributed by atoms with E-state index in [4.69, 9.17) is 4.74 Å². The van der Waals surface area contributed by atoms with Crippen molar-refractivity contribution in [3.8, 4) is 0 Å². The standard InChI is InChI=1S/C38H52N4O2/c1-25(2)7-6-8-26(3)32-15-16-33-31-14-13-29-23-30(17-19-37(29,4)34(31)18-20-38(32,33)5)44-35(43)28-11-9-27(10-12-28)24-40-36-39-21-22-41-42-36/h9-13,21-22,24-26,30-34H,6-8,14-20,23H2,1-5H3/b40-24+/t26-,30?,31+,32-,33+,34+,37+,38-/m1/s1. The highest BCUT2D eigenvalue weighted by Crippen LogP contribution is 2.67. The Labute approximate surface area is 264 Å². The minimum absolute atomic E-state index is 0.0428. The maximum Gasteiger partial charge on any atom is 0.338 e. The highest BCUT2D eigenvalue weighted by molar-refractivity contribution is 5.91. The van der Waals surface area contributed by atoms with Crippen molar-refractivity contribution in [1.29, 1.82) is 0 Å². The average molecular weight is 597 g/mol. The van der Waals surface area contributed by atoms with Crippen molar-refractivity contribution in [3.05, 3.63) is 59.4 Å². The van der Waals surface area contributed by atoms with Gasteiger partial charge in [-0.15, -0.1) is 5.10 Å². The Bertz CT molecular complexity index is 1350. The van der Waals surface area contributed by atoms with Crippen LogP contribution in [0.5, 0.6) is 0 Å². The van der Waals surface area contributed by atoms with Crippen molar-refractivity contribution in [2.45, 2.75) is 111 Å². The predicted molar refractivity (Wildman–Crippen MR) is 176 cm³/mol. The van der Waals surface area contributed by atoms with Gasteiger partial charge in [-0.3, -0.25) is 0 Å². The van der Waals surface area contributed by atoms with Crippen LogP contribution >= 0.6 is 0 Å². The van der Waals surface area contributed by atoms with Crippen LogP contribution in [0.25, 0.3) is 0 Å². The molecule has 3 saturated carbocycles. The van der Waals surface area contributed by atoms with Crippen molar-refractivity contribution in [3.63, 3.8) is 0 Å². The summed E-state index contributed by atoms with van der Waals surface area (Å²) in [7, 11) is 0. The smallest absolute Gasteiger partial charge is 0.338 e. The Morgan fingerprint density at radius 1 is 1.02 bits per heavy atom. The molecule has 1 unspecified atom stereocenters. The van der Waals surface area contributed by atoms with Crippen LogP contribution in [0.3, 0.4) is 0 Å². The Kier molecular flexibility index (Phi) is 9.08. The number of hydrogen-bond donors (Lipinski definition) is 0. The molecule has 2 aromatic rings. The lowest BCUT2D eigenvalue weighted by molar-refractivity contribution is -0.0594. The number of carbonyl (C=O) groups is 1. The predicted octanol–water partition coefficient (Wildman–Crippen LogP) is 9.19. The molecule has 0 aliphatic heterocycles. The topological polar surface area (TPSA) is 77.3 Å². The molecule has 6 heteroatoms. The van der Waals surface area contributed by atoms with Gasteiger partial charge in [0.1, 0.15) is 6.10 Å². The summed E-state index contributed by atoms with van der Waals surface area (Å²) in [6.45, 7) is 12.5. The van der Waals surface area contributed by atoms with Crippen LogP contribution in [0.2, 0.25) is 0 Å². The molecule has 8 atom stereocenters. The molecule has 1 aromatic carbocycles. The summed E-state index contributed by atoms with van der Waals surface area (Å²) in [5.74, 6) is 5.10. The van der Waals surface area contributed by atoms with Gasteiger partial charge in [-0.2, -0.15) is 5.10 Å². The lowest BCUT2D eigenvalue weighted by atomic mass is 9.47. The van der Waals surface area contributed by atoms with Crippen LogP contribution in [0.1, 0.15) is 121 Å². The van der Waals surface area contributed by atoms with E-state index in [2.05, 4.69) is 60.9 Å². The molecule has 0 bridgehead atoms.